The fraction of sp³-hybridized carbons (Fsp3) is 0.133. The first-order valence-corrected chi connectivity index (χ1v) is 5.95. The van der Waals surface area contributed by atoms with Gasteiger partial charge in [0.25, 0.3) is 0 Å². The number of hydrogen-bond donors (Lipinski definition) is 1. The number of aromatic nitrogens is 1. The maximum absolute atomic E-state index is 9.23. The van der Waals surface area contributed by atoms with Crippen molar-refractivity contribution in [1.29, 1.82) is 0 Å². The molecule has 0 saturated carbocycles. The van der Waals surface area contributed by atoms with E-state index in [1.807, 2.05) is 30.3 Å². The first kappa shape index (κ1) is 11.7. The molecule has 1 N–H and O–H groups in total. The number of methoxy groups -OCH3 is 1. The van der Waals surface area contributed by atoms with Crippen LogP contribution < -0.4 is 4.74 Å². The third-order valence-electron chi connectivity index (χ3n) is 2.94. The Kier molecular flexibility index (Phi) is 2.93. The Balaban J connectivity index is 2.20. The van der Waals surface area contributed by atoms with Crippen LogP contribution >= 0.6 is 0 Å². The number of nitrogens with zero attached hydrogens (tertiary/aromatic N) is 1. The first-order valence-electron chi connectivity index (χ1n) is 5.95. The van der Waals surface area contributed by atoms with Crippen molar-refractivity contribution in [3.8, 4) is 17.2 Å². The summed E-state index contributed by atoms with van der Waals surface area (Å²) >= 11 is 0. The highest BCUT2D eigenvalue weighted by molar-refractivity contribution is 5.82. The van der Waals surface area contributed by atoms with Crippen LogP contribution in [-0.4, -0.2) is 17.2 Å². The van der Waals surface area contributed by atoms with Gasteiger partial charge in [0, 0.05) is 5.56 Å². The zero-order valence-electron chi connectivity index (χ0n) is 10.5. The number of fused-ring (bicyclic) bond motifs is 1. The fourth-order valence-electron chi connectivity index (χ4n) is 2.00. The molecule has 3 aromatic rings. The Labute approximate surface area is 110 Å². The summed E-state index contributed by atoms with van der Waals surface area (Å²) in [5, 5.41) is 9.23. The van der Waals surface area contributed by atoms with Crippen LogP contribution in [0.1, 0.15) is 5.56 Å². The van der Waals surface area contributed by atoms with Crippen LogP contribution in [0, 0.1) is 0 Å². The predicted octanol–water partition coefficient (Wildman–Crippen LogP) is 3.00. The van der Waals surface area contributed by atoms with Gasteiger partial charge in [-0.15, -0.1) is 0 Å². The maximum atomic E-state index is 9.23. The molecule has 0 spiro atoms. The summed E-state index contributed by atoms with van der Waals surface area (Å²) in [6.45, 7) is -0.0557. The normalized spacial score (nSPS) is 10.8. The lowest BCUT2D eigenvalue weighted by Gasteiger charge is -2.02. The minimum atomic E-state index is -0.0557. The van der Waals surface area contributed by atoms with Crippen molar-refractivity contribution in [1.82, 2.24) is 4.98 Å². The molecule has 4 heteroatoms. The fourth-order valence-corrected chi connectivity index (χ4v) is 2.00. The predicted molar refractivity (Wildman–Crippen MR) is 71.9 cm³/mol. The van der Waals surface area contributed by atoms with Crippen LogP contribution in [0.4, 0.5) is 0 Å². The molecule has 1 heterocycles. The zero-order valence-corrected chi connectivity index (χ0v) is 10.5. The largest absolute Gasteiger partial charge is 0.493 e. The first-order chi connectivity index (χ1) is 9.31. The molecule has 0 aliphatic rings. The molecule has 0 bridgehead atoms. The van der Waals surface area contributed by atoms with Crippen LogP contribution in [0.5, 0.6) is 5.75 Å². The van der Waals surface area contributed by atoms with Crippen LogP contribution in [0.3, 0.4) is 0 Å². The summed E-state index contributed by atoms with van der Waals surface area (Å²) in [6, 6.07) is 13.2. The second kappa shape index (κ2) is 4.74. The smallest absolute Gasteiger partial charge is 0.227 e. The number of benzene rings is 2. The van der Waals surface area contributed by atoms with E-state index in [-0.39, 0.29) is 6.61 Å². The summed E-state index contributed by atoms with van der Waals surface area (Å²) in [5.74, 6) is 1.13. The van der Waals surface area contributed by atoms with Crippen molar-refractivity contribution < 1.29 is 14.3 Å². The minimum Gasteiger partial charge on any atom is -0.493 e. The van der Waals surface area contributed by atoms with Crippen molar-refractivity contribution in [2.75, 3.05) is 7.11 Å². The second-order valence-corrected chi connectivity index (χ2v) is 4.19. The number of hydrogen-bond acceptors (Lipinski definition) is 4. The summed E-state index contributed by atoms with van der Waals surface area (Å²) < 4.78 is 11.0. The van der Waals surface area contributed by atoms with Gasteiger partial charge >= 0.3 is 0 Å². The maximum Gasteiger partial charge on any atom is 0.227 e. The molecule has 3 rings (SSSR count). The van der Waals surface area contributed by atoms with Gasteiger partial charge in [0.05, 0.1) is 13.7 Å². The molecule has 0 amide bonds. The van der Waals surface area contributed by atoms with E-state index in [4.69, 9.17) is 9.15 Å². The van der Waals surface area contributed by atoms with Crippen molar-refractivity contribution in [2.24, 2.45) is 0 Å². The van der Waals surface area contributed by atoms with E-state index in [0.717, 1.165) is 11.1 Å². The molecule has 2 aromatic carbocycles. The monoisotopic (exact) mass is 255 g/mol. The molecule has 19 heavy (non-hydrogen) atoms. The van der Waals surface area contributed by atoms with Crippen molar-refractivity contribution >= 4 is 11.1 Å². The Hall–Kier alpha value is -2.33. The molecule has 0 saturated heterocycles. The number of aliphatic hydroxyl groups is 1. The van der Waals surface area contributed by atoms with Gasteiger partial charge in [-0.3, -0.25) is 0 Å². The average Bonchev–Trinajstić information content (AvgIpc) is 2.91. The summed E-state index contributed by atoms with van der Waals surface area (Å²) in [7, 11) is 1.57. The molecular formula is C15H13NO3. The van der Waals surface area contributed by atoms with Gasteiger partial charge in [-0.05, 0) is 29.8 Å². The highest BCUT2D eigenvalue weighted by atomic mass is 16.5. The van der Waals surface area contributed by atoms with Gasteiger partial charge in [-0.1, -0.05) is 18.2 Å². The van der Waals surface area contributed by atoms with Crippen molar-refractivity contribution in [3.63, 3.8) is 0 Å². The Morgan fingerprint density at radius 2 is 2.00 bits per heavy atom. The van der Waals surface area contributed by atoms with E-state index in [9.17, 15) is 5.11 Å². The van der Waals surface area contributed by atoms with E-state index < -0.39 is 0 Å². The number of ether oxygens (including phenoxy) is 1. The van der Waals surface area contributed by atoms with E-state index in [1.54, 1.807) is 19.2 Å². The van der Waals surface area contributed by atoms with Crippen LogP contribution in [0.25, 0.3) is 22.6 Å². The molecule has 4 nitrogen and oxygen atoms in total. The summed E-state index contributed by atoms with van der Waals surface area (Å²) in [4.78, 5) is 4.44. The molecule has 0 fully saturated rings. The molecule has 0 aliphatic heterocycles. The molecule has 0 atom stereocenters. The SMILES string of the molecule is COc1cc(CO)cc2nc(-c3ccccc3)oc12. The van der Waals surface area contributed by atoms with E-state index in [2.05, 4.69) is 4.98 Å². The topological polar surface area (TPSA) is 55.5 Å². The Morgan fingerprint density at radius 3 is 2.68 bits per heavy atom. The summed E-state index contributed by atoms with van der Waals surface area (Å²) in [5.41, 5.74) is 2.93. The molecule has 0 radical (unpaired) electrons. The number of aliphatic hydroxyl groups excluding tert-OH is 1. The molecule has 96 valence electrons. The van der Waals surface area contributed by atoms with Gasteiger partial charge in [0.1, 0.15) is 5.52 Å². The highest BCUT2D eigenvalue weighted by Gasteiger charge is 2.13. The Bertz CT molecular complexity index is 704. The van der Waals surface area contributed by atoms with Crippen molar-refractivity contribution in [2.45, 2.75) is 6.61 Å². The highest BCUT2D eigenvalue weighted by Crippen LogP contribution is 2.31. The lowest BCUT2D eigenvalue weighted by atomic mass is 10.2. The van der Waals surface area contributed by atoms with Crippen molar-refractivity contribution in [3.05, 3.63) is 48.0 Å². The molecular weight excluding hydrogens is 242 g/mol. The lowest BCUT2D eigenvalue weighted by Crippen LogP contribution is -1.88. The van der Waals surface area contributed by atoms with Gasteiger partial charge in [-0.25, -0.2) is 4.98 Å². The Morgan fingerprint density at radius 1 is 1.21 bits per heavy atom. The summed E-state index contributed by atoms with van der Waals surface area (Å²) in [6.07, 6.45) is 0. The molecule has 0 aliphatic carbocycles. The number of rotatable bonds is 3. The van der Waals surface area contributed by atoms with Gasteiger partial charge in [0.15, 0.2) is 11.3 Å². The van der Waals surface area contributed by atoms with Gasteiger partial charge in [0.2, 0.25) is 5.89 Å². The average molecular weight is 255 g/mol. The van der Waals surface area contributed by atoms with Crippen LogP contribution in [0.2, 0.25) is 0 Å². The molecule has 0 unspecified atom stereocenters. The van der Waals surface area contributed by atoms with E-state index in [1.165, 1.54) is 0 Å². The third kappa shape index (κ3) is 2.06. The standard InChI is InChI=1S/C15H13NO3/c1-18-13-8-10(9-17)7-12-14(13)19-15(16-12)11-5-3-2-4-6-11/h2-8,17H,9H2,1H3. The molecule has 1 aromatic heterocycles. The van der Waals surface area contributed by atoms with Crippen LogP contribution in [-0.2, 0) is 6.61 Å². The van der Waals surface area contributed by atoms with E-state index in [0.29, 0.717) is 22.7 Å². The van der Waals surface area contributed by atoms with Gasteiger partial charge < -0.3 is 14.3 Å². The number of oxazole rings is 1. The van der Waals surface area contributed by atoms with E-state index >= 15 is 0 Å². The van der Waals surface area contributed by atoms with Crippen LogP contribution in [0.15, 0.2) is 46.9 Å². The quantitative estimate of drug-likeness (QED) is 0.781. The van der Waals surface area contributed by atoms with Gasteiger partial charge in [-0.2, -0.15) is 0 Å². The zero-order chi connectivity index (χ0) is 13.2. The minimum absolute atomic E-state index is 0.0557. The lowest BCUT2D eigenvalue weighted by molar-refractivity contribution is 0.281. The third-order valence-corrected chi connectivity index (χ3v) is 2.94. The second-order valence-electron chi connectivity index (χ2n) is 4.19.